The number of para-hydroxylation sites is 1. The van der Waals surface area contributed by atoms with Crippen LogP contribution in [-0.2, 0) is 4.79 Å². The van der Waals surface area contributed by atoms with Gasteiger partial charge in [0.2, 0.25) is 5.91 Å². The monoisotopic (exact) mass is 434 g/mol. The number of piperidine rings is 1. The molecular formula is C22H24F2N2O3S. The molecule has 160 valence electrons. The average Bonchev–Trinajstić information content (AvgIpc) is 2.75. The third-order valence-corrected chi connectivity index (χ3v) is 5.87. The number of benzene rings is 2. The Balaban J connectivity index is 1.49. The summed E-state index contributed by atoms with van der Waals surface area (Å²) in [6, 6.07) is 13.6. The number of nitrogens with one attached hydrogen (secondary N) is 1. The third kappa shape index (κ3) is 6.03. The number of ether oxygens (including phenoxy) is 1. The molecule has 2 aromatic carbocycles. The molecule has 1 heterocycles. The van der Waals surface area contributed by atoms with Gasteiger partial charge in [-0.1, -0.05) is 23.9 Å². The minimum Gasteiger partial charge on any atom is -0.497 e. The van der Waals surface area contributed by atoms with Crippen molar-refractivity contribution in [2.75, 3.05) is 32.1 Å². The molecular weight excluding hydrogens is 410 g/mol. The molecule has 0 unspecified atom stereocenters. The van der Waals surface area contributed by atoms with E-state index in [9.17, 15) is 18.4 Å². The topological polar surface area (TPSA) is 58.6 Å². The van der Waals surface area contributed by atoms with E-state index in [1.54, 1.807) is 55.6 Å². The van der Waals surface area contributed by atoms with E-state index < -0.39 is 5.76 Å². The predicted octanol–water partition coefficient (Wildman–Crippen LogP) is 4.54. The summed E-state index contributed by atoms with van der Waals surface area (Å²) < 4.78 is 30.5. The molecule has 3 rings (SSSR count). The lowest BCUT2D eigenvalue weighted by molar-refractivity contribution is -0.117. The number of Topliss-reactive ketones (excluding diaryl/α,β-unsaturated/α-hetero) is 1. The minimum absolute atomic E-state index is 0.0686. The van der Waals surface area contributed by atoms with Crippen molar-refractivity contribution in [1.82, 2.24) is 4.90 Å². The molecule has 1 N–H and O–H groups in total. The van der Waals surface area contributed by atoms with Gasteiger partial charge in [-0.3, -0.25) is 14.5 Å². The lowest BCUT2D eigenvalue weighted by Gasteiger charge is -2.30. The highest BCUT2D eigenvalue weighted by molar-refractivity contribution is 7.99. The van der Waals surface area contributed by atoms with E-state index in [4.69, 9.17) is 4.74 Å². The molecule has 30 heavy (non-hydrogen) atoms. The van der Waals surface area contributed by atoms with E-state index >= 15 is 0 Å². The standard InChI is InChI=1S/C22H24F2N2O3S/c1-29-17-8-6-15(7-9-17)21(28)16-10-12-26(13-11-16)14-20(27)25-18-4-2-3-5-19(18)30-22(23)24/h2-9,16,22H,10-14H2,1H3,(H,25,27). The first-order chi connectivity index (χ1) is 14.5. The highest BCUT2D eigenvalue weighted by Crippen LogP contribution is 2.31. The number of halogens is 2. The number of thioether (sulfide) groups is 1. The van der Waals surface area contributed by atoms with Crippen molar-refractivity contribution in [3.8, 4) is 5.75 Å². The number of alkyl halides is 2. The Morgan fingerprint density at radius 3 is 2.43 bits per heavy atom. The van der Waals surface area contributed by atoms with Gasteiger partial charge in [-0.2, -0.15) is 8.78 Å². The van der Waals surface area contributed by atoms with Crippen LogP contribution in [0.1, 0.15) is 23.2 Å². The second kappa shape index (κ2) is 10.5. The molecule has 0 saturated carbocycles. The Kier molecular flexibility index (Phi) is 7.81. The number of rotatable bonds is 8. The van der Waals surface area contributed by atoms with E-state index in [2.05, 4.69) is 5.32 Å². The molecule has 1 aliphatic heterocycles. The molecule has 0 aromatic heterocycles. The van der Waals surface area contributed by atoms with E-state index in [-0.39, 0.29) is 24.2 Å². The number of methoxy groups -OCH3 is 1. The highest BCUT2D eigenvalue weighted by Gasteiger charge is 2.26. The Morgan fingerprint density at radius 2 is 1.80 bits per heavy atom. The fourth-order valence-electron chi connectivity index (χ4n) is 3.51. The number of likely N-dealkylation sites (tertiary alicyclic amines) is 1. The molecule has 0 atom stereocenters. The van der Waals surface area contributed by atoms with Gasteiger partial charge in [0.1, 0.15) is 5.75 Å². The van der Waals surface area contributed by atoms with Crippen LogP contribution in [0.4, 0.5) is 14.5 Å². The van der Waals surface area contributed by atoms with Crippen LogP contribution in [0, 0.1) is 5.92 Å². The number of nitrogens with zero attached hydrogens (tertiary/aromatic N) is 1. The van der Waals surface area contributed by atoms with Crippen LogP contribution in [0.3, 0.4) is 0 Å². The average molecular weight is 435 g/mol. The number of carbonyl (C=O) groups is 2. The van der Waals surface area contributed by atoms with Crippen LogP contribution >= 0.6 is 11.8 Å². The highest BCUT2D eigenvalue weighted by atomic mass is 32.2. The van der Waals surface area contributed by atoms with E-state index in [1.807, 2.05) is 4.90 Å². The number of ketones is 1. The zero-order valence-electron chi connectivity index (χ0n) is 16.6. The maximum absolute atomic E-state index is 12.7. The molecule has 1 fully saturated rings. The van der Waals surface area contributed by atoms with Crippen LogP contribution in [0.2, 0.25) is 0 Å². The first-order valence-electron chi connectivity index (χ1n) is 9.70. The van der Waals surface area contributed by atoms with Gasteiger partial charge in [0.05, 0.1) is 19.3 Å². The van der Waals surface area contributed by atoms with Crippen molar-refractivity contribution < 1.29 is 23.1 Å². The summed E-state index contributed by atoms with van der Waals surface area (Å²) >= 11 is 0.410. The molecule has 0 radical (unpaired) electrons. The fraction of sp³-hybridized carbons (Fsp3) is 0.364. The largest absolute Gasteiger partial charge is 0.497 e. The number of carbonyl (C=O) groups excluding carboxylic acids is 2. The van der Waals surface area contributed by atoms with Crippen molar-refractivity contribution in [2.45, 2.75) is 23.5 Å². The molecule has 8 heteroatoms. The Labute approximate surface area is 178 Å². The summed E-state index contributed by atoms with van der Waals surface area (Å²) in [5.74, 6) is -2.05. The zero-order chi connectivity index (χ0) is 21.5. The third-order valence-electron chi connectivity index (χ3n) is 5.08. The molecule has 0 spiro atoms. The summed E-state index contributed by atoms with van der Waals surface area (Å²) in [6.07, 6.45) is 1.35. The van der Waals surface area contributed by atoms with Crippen molar-refractivity contribution in [2.24, 2.45) is 5.92 Å². The van der Waals surface area contributed by atoms with Crippen molar-refractivity contribution in [3.63, 3.8) is 0 Å². The van der Waals surface area contributed by atoms with Gasteiger partial charge in [0.15, 0.2) is 5.78 Å². The Bertz CT molecular complexity index is 869. The second-order valence-electron chi connectivity index (χ2n) is 7.07. The van der Waals surface area contributed by atoms with Gasteiger partial charge in [-0.05, 0) is 62.3 Å². The summed E-state index contributed by atoms with van der Waals surface area (Å²) in [5, 5.41) is 2.72. The lowest BCUT2D eigenvalue weighted by atomic mass is 9.89. The zero-order valence-corrected chi connectivity index (χ0v) is 17.5. The number of hydrogen-bond acceptors (Lipinski definition) is 5. The van der Waals surface area contributed by atoms with Crippen LogP contribution in [0.15, 0.2) is 53.4 Å². The van der Waals surface area contributed by atoms with E-state index in [0.717, 1.165) is 0 Å². The SMILES string of the molecule is COc1ccc(C(=O)C2CCN(CC(=O)Nc3ccccc3SC(F)F)CC2)cc1. The minimum atomic E-state index is -2.55. The number of anilines is 1. The first kappa shape index (κ1) is 22.2. The quantitative estimate of drug-likeness (QED) is 0.488. The Morgan fingerprint density at radius 1 is 1.13 bits per heavy atom. The predicted molar refractivity (Wildman–Crippen MR) is 113 cm³/mol. The molecule has 0 bridgehead atoms. The number of amides is 1. The van der Waals surface area contributed by atoms with Crippen molar-refractivity contribution in [3.05, 3.63) is 54.1 Å². The van der Waals surface area contributed by atoms with Gasteiger partial charge in [-0.15, -0.1) is 0 Å². The van der Waals surface area contributed by atoms with Gasteiger partial charge >= 0.3 is 0 Å². The summed E-state index contributed by atoms with van der Waals surface area (Å²) in [5.41, 5.74) is 1.05. The lowest BCUT2D eigenvalue weighted by Crippen LogP contribution is -2.40. The summed E-state index contributed by atoms with van der Waals surface area (Å²) in [4.78, 5) is 27.4. The first-order valence-corrected chi connectivity index (χ1v) is 10.6. The van der Waals surface area contributed by atoms with Crippen LogP contribution in [0.5, 0.6) is 5.75 Å². The molecule has 1 saturated heterocycles. The summed E-state index contributed by atoms with van der Waals surface area (Å²) in [7, 11) is 1.58. The van der Waals surface area contributed by atoms with Gasteiger partial charge < -0.3 is 10.1 Å². The second-order valence-corrected chi connectivity index (χ2v) is 8.10. The molecule has 1 aliphatic rings. The summed E-state index contributed by atoms with van der Waals surface area (Å²) in [6.45, 7) is 1.43. The maximum atomic E-state index is 12.7. The molecule has 0 aliphatic carbocycles. The van der Waals surface area contributed by atoms with Gasteiger partial charge in [-0.25, -0.2) is 0 Å². The van der Waals surface area contributed by atoms with Crippen molar-refractivity contribution >= 4 is 29.1 Å². The number of hydrogen-bond donors (Lipinski definition) is 1. The van der Waals surface area contributed by atoms with Crippen LogP contribution in [-0.4, -0.2) is 49.1 Å². The van der Waals surface area contributed by atoms with E-state index in [1.165, 1.54) is 0 Å². The van der Waals surface area contributed by atoms with Crippen LogP contribution in [0.25, 0.3) is 0 Å². The van der Waals surface area contributed by atoms with Gasteiger partial charge in [0, 0.05) is 16.4 Å². The molecule has 2 aromatic rings. The fourth-order valence-corrected chi connectivity index (χ4v) is 4.10. The van der Waals surface area contributed by atoms with Gasteiger partial charge in [0.25, 0.3) is 5.76 Å². The smallest absolute Gasteiger partial charge is 0.288 e. The molecule has 1 amide bonds. The van der Waals surface area contributed by atoms with E-state index in [0.29, 0.717) is 59.6 Å². The van der Waals surface area contributed by atoms with Crippen LogP contribution < -0.4 is 10.1 Å². The maximum Gasteiger partial charge on any atom is 0.288 e. The molecule has 5 nitrogen and oxygen atoms in total. The van der Waals surface area contributed by atoms with Crippen molar-refractivity contribution in [1.29, 1.82) is 0 Å². The Hall–Kier alpha value is -2.45. The normalized spacial score (nSPS) is 15.2.